The molecule has 0 spiro atoms. The summed E-state index contributed by atoms with van der Waals surface area (Å²) in [7, 11) is 3.13. The number of aromatic amines is 1. The highest BCUT2D eigenvalue weighted by Gasteiger charge is 2.15. The van der Waals surface area contributed by atoms with Crippen molar-refractivity contribution in [2.24, 2.45) is 0 Å². The van der Waals surface area contributed by atoms with Gasteiger partial charge in [0.05, 0.1) is 19.9 Å². The van der Waals surface area contributed by atoms with Crippen LogP contribution in [0.5, 0.6) is 11.5 Å². The van der Waals surface area contributed by atoms with Gasteiger partial charge < -0.3 is 14.6 Å². The fourth-order valence-electron chi connectivity index (χ4n) is 1.82. The van der Waals surface area contributed by atoms with Crippen LogP contribution in [-0.2, 0) is 0 Å². The van der Waals surface area contributed by atoms with Crippen molar-refractivity contribution in [2.75, 3.05) is 14.2 Å². The third-order valence-corrected chi connectivity index (χ3v) is 2.80. The number of nitrogens with zero attached hydrogens (tertiary/aromatic N) is 1. The van der Waals surface area contributed by atoms with Crippen molar-refractivity contribution in [1.82, 2.24) is 10.2 Å². The molecule has 0 bridgehead atoms. The second kappa shape index (κ2) is 5.01. The van der Waals surface area contributed by atoms with Gasteiger partial charge in [-0.25, -0.2) is 4.79 Å². The van der Waals surface area contributed by atoms with Gasteiger partial charge in [-0.3, -0.25) is 5.10 Å². The molecule has 0 saturated carbocycles. The number of aryl methyl sites for hydroxylation is 1. The Morgan fingerprint density at radius 2 is 1.89 bits per heavy atom. The first kappa shape index (κ1) is 12.9. The van der Waals surface area contributed by atoms with Gasteiger partial charge in [-0.2, -0.15) is 5.10 Å². The van der Waals surface area contributed by atoms with Gasteiger partial charge in [0, 0.05) is 5.56 Å². The lowest BCUT2D eigenvalue weighted by atomic mass is 10.1. The zero-order chi connectivity index (χ0) is 14.0. The number of hydrogen-bond acceptors (Lipinski definition) is 4. The highest BCUT2D eigenvalue weighted by Crippen LogP contribution is 2.35. The van der Waals surface area contributed by atoms with Crippen molar-refractivity contribution in [3.8, 4) is 22.8 Å². The molecule has 1 heterocycles. The molecule has 1 aromatic heterocycles. The zero-order valence-corrected chi connectivity index (χ0v) is 10.9. The van der Waals surface area contributed by atoms with E-state index in [1.54, 1.807) is 20.3 Å². The van der Waals surface area contributed by atoms with Gasteiger partial charge in [0.1, 0.15) is 17.2 Å². The summed E-state index contributed by atoms with van der Waals surface area (Å²) in [6.45, 7) is 1.90. The number of carboxylic acids is 1. The van der Waals surface area contributed by atoms with E-state index < -0.39 is 5.97 Å². The molecule has 0 saturated heterocycles. The van der Waals surface area contributed by atoms with E-state index in [-0.39, 0.29) is 5.69 Å². The van der Waals surface area contributed by atoms with E-state index in [1.807, 2.05) is 13.0 Å². The van der Waals surface area contributed by atoms with E-state index in [4.69, 9.17) is 14.6 Å². The molecular weight excluding hydrogens is 248 g/mol. The molecule has 2 rings (SSSR count). The second-order valence-electron chi connectivity index (χ2n) is 3.99. The molecular formula is C13H14N2O4. The van der Waals surface area contributed by atoms with Crippen LogP contribution in [0.15, 0.2) is 18.2 Å². The quantitative estimate of drug-likeness (QED) is 0.881. The number of carboxylic acid groups (broad SMARTS) is 1. The molecule has 6 nitrogen and oxygen atoms in total. The third-order valence-electron chi connectivity index (χ3n) is 2.80. The zero-order valence-electron chi connectivity index (χ0n) is 10.9. The minimum absolute atomic E-state index is 0.0246. The van der Waals surface area contributed by atoms with Gasteiger partial charge in [-0.05, 0) is 30.7 Å². The summed E-state index contributed by atoms with van der Waals surface area (Å²) in [4.78, 5) is 10.9. The van der Waals surface area contributed by atoms with Crippen LogP contribution in [0.2, 0.25) is 0 Å². The van der Waals surface area contributed by atoms with E-state index in [1.165, 1.54) is 6.07 Å². The summed E-state index contributed by atoms with van der Waals surface area (Å²) >= 11 is 0. The van der Waals surface area contributed by atoms with Gasteiger partial charge in [-0.1, -0.05) is 0 Å². The Bertz CT molecular complexity index is 619. The van der Waals surface area contributed by atoms with E-state index in [0.717, 1.165) is 5.56 Å². The van der Waals surface area contributed by atoms with Gasteiger partial charge >= 0.3 is 5.97 Å². The number of benzene rings is 1. The number of ether oxygens (including phenoxy) is 2. The van der Waals surface area contributed by atoms with Crippen molar-refractivity contribution in [3.05, 3.63) is 29.5 Å². The normalized spacial score (nSPS) is 10.3. The molecule has 19 heavy (non-hydrogen) atoms. The maximum absolute atomic E-state index is 10.9. The molecule has 0 radical (unpaired) electrons. The molecule has 100 valence electrons. The molecule has 0 fully saturated rings. The fourth-order valence-corrected chi connectivity index (χ4v) is 1.82. The maximum atomic E-state index is 10.9. The number of hydrogen-bond donors (Lipinski definition) is 2. The SMILES string of the molecule is COc1cc(-c2cc(C(=O)O)[nH]n2)c(OC)cc1C. The molecule has 6 heteroatoms. The maximum Gasteiger partial charge on any atom is 0.353 e. The highest BCUT2D eigenvalue weighted by molar-refractivity contribution is 5.87. The van der Waals surface area contributed by atoms with E-state index in [9.17, 15) is 4.79 Å². The lowest BCUT2D eigenvalue weighted by Gasteiger charge is -2.11. The summed E-state index contributed by atoms with van der Waals surface area (Å²) in [5.41, 5.74) is 2.12. The predicted octanol–water partition coefficient (Wildman–Crippen LogP) is 2.10. The molecule has 2 aromatic rings. The second-order valence-corrected chi connectivity index (χ2v) is 3.99. The van der Waals surface area contributed by atoms with E-state index in [2.05, 4.69) is 10.2 Å². The Hall–Kier alpha value is -2.50. The minimum atomic E-state index is -1.06. The van der Waals surface area contributed by atoms with Gasteiger partial charge in [-0.15, -0.1) is 0 Å². The first-order chi connectivity index (χ1) is 9.06. The summed E-state index contributed by atoms with van der Waals surface area (Å²) in [5, 5.41) is 15.3. The first-order valence-corrected chi connectivity index (χ1v) is 5.58. The van der Waals surface area contributed by atoms with Crippen molar-refractivity contribution in [3.63, 3.8) is 0 Å². The molecule has 0 aliphatic carbocycles. The van der Waals surface area contributed by atoms with Crippen molar-refractivity contribution in [2.45, 2.75) is 6.92 Å². The number of carbonyl (C=O) groups is 1. The average molecular weight is 262 g/mol. The average Bonchev–Trinajstić information content (AvgIpc) is 2.88. The van der Waals surface area contributed by atoms with Crippen LogP contribution < -0.4 is 9.47 Å². The lowest BCUT2D eigenvalue weighted by Crippen LogP contribution is -1.95. The van der Waals surface area contributed by atoms with Crippen LogP contribution >= 0.6 is 0 Å². The summed E-state index contributed by atoms with van der Waals surface area (Å²) in [5.74, 6) is 0.245. The van der Waals surface area contributed by atoms with Crippen LogP contribution in [0.25, 0.3) is 11.3 Å². The molecule has 0 atom stereocenters. The summed E-state index contributed by atoms with van der Waals surface area (Å²) in [6.07, 6.45) is 0. The molecule has 1 aromatic carbocycles. The number of nitrogens with one attached hydrogen (secondary N) is 1. The fraction of sp³-hybridized carbons (Fsp3) is 0.231. The molecule has 0 amide bonds. The monoisotopic (exact) mass is 262 g/mol. The highest BCUT2D eigenvalue weighted by atomic mass is 16.5. The summed E-state index contributed by atoms with van der Waals surface area (Å²) < 4.78 is 10.5. The van der Waals surface area contributed by atoms with Crippen LogP contribution in [0.1, 0.15) is 16.1 Å². The Labute approximate surface area is 110 Å². The Balaban J connectivity index is 2.55. The van der Waals surface area contributed by atoms with Gasteiger partial charge in [0.2, 0.25) is 0 Å². The van der Waals surface area contributed by atoms with Crippen molar-refractivity contribution >= 4 is 5.97 Å². The topological polar surface area (TPSA) is 84.4 Å². The molecule has 2 N–H and O–H groups in total. The number of aromatic nitrogens is 2. The van der Waals surface area contributed by atoms with E-state index in [0.29, 0.717) is 22.8 Å². The van der Waals surface area contributed by atoms with Crippen LogP contribution in [0, 0.1) is 6.92 Å². The van der Waals surface area contributed by atoms with Gasteiger partial charge in [0.25, 0.3) is 0 Å². The van der Waals surface area contributed by atoms with Crippen LogP contribution in [0.3, 0.4) is 0 Å². The number of methoxy groups -OCH3 is 2. The minimum Gasteiger partial charge on any atom is -0.496 e. The number of aromatic carboxylic acids is 1. The number of H-pyrrole nitrogens is 1. The Morgan fingerprint density at radius 3 is 2.42 bits per heavy atom. The predicted molar refractivity (Wildman–Crippen MR) is 68.8 cm³/mol. The Kier molecular flexibility index (Phi) is 3.41. The smallest absolute Gasteiger partial charge is 0.353 e. The Morgan fingerprint density at radius 1 is 1.21 bits per heavy atom. The van der Waals surface area contributed by atoms with Crippen molar-refractivity contribution < 1.29 is 19.4 Å². The van der Waals surface area contributed by atoms with Gasteiger partial charge in [0.15, 0.2) is 0 Å². The number of rotatable bonds is 4. The molecule has 0 aliphatic heterocycles. The first-order valence-electron chi connectivity index (χ1n) is 5.58. The lowest BCUT2D eigenvalue weighted by molar-refractivity contribution is 0.0690. The van der Waals surface area contributed by atoms with E-state index >= 15 is 0 Å². The largest absolute Gasteiger partial charge is 0.496 e. The van der Waals surface area contributed by atoms with Crippen LogP contribution in [-0.4, -0.2) is 35.5 Å². The summed E-state index contributed by atoms with van der Waals surface area (Å²) in [6, 6.07) is 5.05. The molecule has 0 unspecified atom stereocenters. The standard InChI is InChI=1S/C13H14N2O4/c1-7-4-12(19-3)8(5-11(7)18-2)9-6-10(13(16)17)15-14-9/h4-6H,1-3H3,(H,14,15)(H,16,17). The molecule has 0 aliphatic rings. The van der Waals surface area contributed by atoms with Crippen molar-refractivity contribution in [1.29, 1.82) is 0 Å². The van der Waals surface area contributed by atoms with Crippen LogP contribution in [0.4, 0.5) is 0 Å². The third kappa shape index (κ3) is 2.37.